The number of benzene rings is 1. The monoisotopic (exact) mass is 306 g/mol. The smallest absolute Gasteiger partial charge is 0.120 e. The van der Waals surface area contributed by atoms with Crippen LogP contribution in [0.25, 0.3) is 10.2 Å². The molecule has 21 heavy (non-hydrogen) atoms. The van der Waals surface area contributed by atoms with Gasteiger partial charge in [-0.3, -0.25) is 4.90 Å². The zero-order chi connectivity index (χ0) is 14.7. The summed E-state index contributed by atoms with van der Waals surface area (Å²) in [5, 5.41) is 1.19. The molecule has 2 heterocycles. The Bertz CT molecular complexity index is 591. The summed E-state index contributed by atoms with van der Waals surface area (Å²) < 4.78 is 12.4. The van der Waals surface area contributed by atoms with E-state index in [0.29, 0.717) is 5.92 Å². The summed E-state index contributed by atoms with van der Waals surface area (Å²) >= 11 is 1.76. The van der Waals surface area contributed by atoms with Gasteiger partial charge in [0.15, 0.2) is 0 Å². The van der Waals surface area contributed by atoms with Gasteiger partial charge in [-0.2, -0.15) is 0 Å². The molecular weight excluding hydrogens is 284 g/mol. The topological polar surface area (TPSA) is 34.6 Å². The maximum Gasteiger partial charge on any atom is 0.120 e. The number of hydrogen-bond donors (Lipinski definition) is 0. The van der Waals surface area contributed by atoms with Crippen LogP contribution in [0.4, 0.5) is 0 Å². The quantitative estimate of drug-likeness (QED) is 0.850. The second kappa shape index (κ2) is 6.73. The van der Waals surface area contributed by atoms with Gasteiger partial charge >= 0.3 is 0 Å². The van der Waals surface area contributed by atoms with E-state index in [1.54, 1.807) is 11.3 Å². The summed E-state index contributed by atoms with van der Waals surface area (Å²) in [5.41, 5.74) is 1.07. The Morgan fingerprint density at radius 2 is 2.14 bits per heavy atom. The van der Waals surface area contributed by atoms with Gasteiger partial charge in [-0.25, -0.2) is 4.98 Å². The number of hydrogen-bond acceptors (Lipinski definition) is 5. The molecule has 0 radical (unpaired) electrons. The first kappa shape index (κ1) is 14.8. The van der Waals surface area contributed by atoms with Crippen LogP contribution in [-0.4, -0.2) is 49.3 Å². The largest absolute Gasteiger partial charge is 0.492 e. The van der Waals surface area contributed by atoms with E-state index < -0.39 is 0 Å². The van der Waals surface area contributed by atoms with E-state index in [9.17, 15) is 0 Å². The van der Waals surface area contributed by atoms with E-state index >= 15 is 0 Å². The molecule has 114 valence electrons. The van der Waals surface area contributed by atoms with E-state index in [1.165, 1.54) is 9.71 Å². The molecule has 0 aliphatic carbocycles. The Kier molecular flexibility index (Phi) is 4.73. The van der Waals surface area contributed by atoms with Gasteiger partial charge in [0.1, 0.15) is 12.4 Å². The van der Waals surface area contributed by atoms with Crippen molar-refractivity contribution in [1.29, 1.82) is 0 Å². The van der Waals surface area contributed by atoms with Crippen LogP contribution in [0.5, 0.6) is 5.75 Å². The highest BCUT2D eigenvalue weighted by atomic mass is 32.1. The molecule has 1 saturated heterocycles. The van der Waals surface area contributed by atoms with Crippen molar-refractivity contribution in [3.05, 3.63) is 23.2 Å². The number of nitrogens with zero attached hydrogens (tertiary/aromatic N) is 2. The number of aromatic nitrogens is 1. The Hall–Kier alpha value is -1.17. The van der Waals surface area contributed by atoms with E-state index in [1.807, 2.05) is 6.07 Å². The van der Waals surface area contributed by atoms with Crippen molar-refractivity contribution in [3.8, 4) is 5.75 Å². The molecule has 0 saturated carbocycles. The number of morpholine rings is 1. The third-order valence-corrected chi connectivity index (χ3v) is 4.97. The lowest BCUT2D eigenvalue weighted by Gasteiger charge is -2.26. The van der Waals surface area contributed by atoms with Gasteiger partial charge in [-0.05, 0) is 18.2 Å². The molecule has 2 aromatic rings. The van der Waals surface area contributed by atoms with Gasteiger partial charge in [-0.1, -0.05) is 13.8 Å². The van der Waals surface area contributed by atoms with Crippen LogP contribution >= 0.6 is 11.3 Å². The van der Waals surface area contributed by atoms with Crippen molar-refractivity contribution in [1.82, 2.24) is 9.88 Å². The fourth-order valence-electron chi connectivity index (χ4n) is 2.38. The minimum absolute atomic E-state index is 0.480. The molecule has 1 aliphatic heterocycles. The summed E-state index contributed by atoms with van der Waals surface area (Å²) in [5.74, 6) is 1.42. The molecule has 0 amide bonds. The predicted octanol–water partition coefficient (Wildman–Crippen LogP) is 3.13. The first-order chi connectivity index (χ1) is 10.2. The average molecular weight is 306 g/mol. The van der Waals surface area contributed by atoms with Gasteiger partial charge in [0.25, 0.3) is 0 Å². The summed E-state index contributed by atoms with van der Waals surface area (Å²) in [6, 6.07) is 6.19. The maximum absolute atomic E-state index is 5.88. The van der Waals surface area contributed by atoms with Gasteiger partial charge in [-0.15, -0.1) is 11.3 Å². The van der Waals surface area contributed by atoms with E-state index in [0.717, 1.165) is 50.7 Å². The second-order valence-corrected chi connectivity index (χ2v) is 6.70. The van der Waals surface area contributed by atoms with Crippen LogP contribution in [0.15, 0.2) is 18.2 Å². The molecule has 3 rings (SSSR count). The zero-order valence-corrected chi connectivity index (χ0v) is 13.5. The van der Waals surface area contributed by atoms with Crippen molar-refractivity contribution >= 4 is 21.6 Å². The molecule has 5 heteroatoms. The predicted molar refractivity (Wildman–Crippen MR) is 86.5 cm³/mol. The minimum Gasteiger partial charge on any atom is -0.492 e. The van der Waals surface area contributed by atoms with Gasteiger partial charge in [0.05, 0.1) is 28.4 Å². The molecule has 1 fully saturated rings. The van der Waals surface area contributed by atoms with Crippen molar-refractivity contribution in [2.24, 2.45) is 0 Å². The highest BCUT2D eigenvalue weighted by Gasteiger charge is 2.11. The van der Waals surface area contributed by atoms with Crippen LogP contribution in [0.3, 0.4) is 0 Å². The normalized spacial score (nSPS) is 16.7. The molecule has 1 aromatic carbocycles. The fraction of sp³-hybridized carbons (Fsp3) is 0.562. The third kappa shape index (κ3) is 3.73. The first-order valence-corrected chi connectivity index (χ1v) is 8.37. The lowest BCUT2D eigenvalue weighted by atomic mass is 10.2. The van der Waals surface area contributed by atoms with Gasteiger partial charge in [0, 0.05) is 25.6 Å². The lowest BCUT2D eigenvalue weighted by Crippen LogP contribution is -2.38. The fourth-order valence-corrected chi connectivity index (χ4v) is 3.38. The Labute approximate surface area is 129 Å². The molecule has 1 aromatic heterocycles. The molecule has 4 nitrogen and oxygen atoms in total. The first-order valence-electron chi connectivity index (χ1n) is 7.56. The zero-order valence-electron chi connectivity index (χ0n) is 12.7. The standard InChI is InChI=1S/C16H22N2O2S/c1-12(2)16-17-14-4-3-13(11-15(14)21-16)20-10-7-18-5-8-19-9-6-18/h3-4,11-12H,5-10H2,1-2H3. The van der Waals surface area contributed by atoms with Crippen molar-refractivity contribution < 1.29 is 9.47 Å². The van der Waals surface area contributed by atoms with E-state index in [4.69, 9.17) is 9.47 Å². The molecule has 1 aliphatic rings. The summed E-state index contributed by atoms with van der Waals surface area (Å²) in [6.07, 6.45) is 0. The summed E-state index contributed by atoms with van der Waals surface area (Å²) in [7, 11) is 0. The van der Waals surface area contributed by atoms with Crippen LogP contribution in [0.1, 0.15) is 24.8 Å². The van der Waals surface area contributed by atoms with Crippen molar-refractivity contribution in [2.75, 3.05) is 39.5 Å². The van der Waals surface area contributed by atoms with Gasteiger partial charge in [0.2, 0.25) is 0 Å². The van der Waals surface area contributed by atoms with Crippen molar-refractivity contribution in [2.45, 2.75) is 19.8 Å². The lowest BCUT2D eigenvalue weighted by molar-refractivity contribution is 0.0322. The Morgan fingerprint density at radius 1 is 1.33 bits per heavy atom. The maximum atomic E-state index is 5.88. The number of thiazole rings is 1. The van der Waals surface area contributed by atoms with Crippen LogP contribution in [-0.2, 0) is 4.74 Å². The number of ether oxygens (including phenoxy) is 2. The van der Waals surface area contributed by atoms with Crippen LogP contribution < -0.4 is 4.74 Å². The van der Waals surface area contributed by atoms with Crippen LogP contribution in [0, 0.1) is 0 Å². The molecule has 0 atom stereocenters. The summed E-state index contributed by atoms with van der Waals surface area (Å²) in [6.45, 7) is 9.73. The molecular formula is C16H22N2O2S. The SMILES string of the molecule is CC(C)c1nc2ccc(OCCN3CCOCC3)cc2s1. The minimum atomic E-state index is 0.480. The second-order valence-electron chi connectivity index (χ2n) is 5.64. The third-order valence-electron chi connectivity index (χ3n) is 3.65. The number of rotatable bonds is 5. The van der Waals surface area contributed by atoms with E-state index in [-0.39, 0.29) is 0 Å². The highest BCUT2D eigenvalue weighted by Crippen LogP contribution is 2.29. The molecule has 0 unspecified atom stereocenters. The Balaban J connectivity index is 1.58. The molecule has 0 N–H and O–H groups in total. The van der Waals surface area contributed by atoms with Gasteiger partial charge < -0.3 is 9.47 Å². The van der Waals surface area contributed by atoms with E-state index in [2.05, 4.69) is 35.9 Å². The van der Waals surface area contributed by atoms with Crippen molar-refractivity contribution in [3.63, 3.8) is 0 Å². The molecule has 0 bridgehead atoms. The average Bonchev–Trinajstić information content (AvgIpc) is 2.92. The Morgan fingerprint density at radius 3 is 2.90 bits per heavy atom. The highest BCUT2D eigenvalue weighted by molar-refractivity contribution is 7.18. The molecule has 0 spiro atoms. The summed E-state index contributed by atoms with van der Waals surface area (Å²) in [4.78, 5) is 7.03. The number of fused-ring (bicyclic) bond motifs is 1. The van der Waals surface area contributed by atoms with Crippen LogP contribution in [0.2, 0.25) is 0 Å².